The van der Waals surface area contributed by atoms with Crippen LogP contribution in [-0.2, 0) is 10.0 Å². The first-order valence-electron chi connectivity index (χ1n) is 4.85. The fourth-order valence-corrected chi connectivity index (χ4v) is 2.63. The first-order chi connectivity index (χ1) is 8.00. The molecule has 1 atom stereocenters. The van der Waals surface area contributed by atoms with Gasteiger partial charge in [0.15, 0.2) is 0 Å². The Morgan fingerprint density at radius 1 is 1.59 bits per heavy atom. The van der Waals surface area contributed by atoms with E-state index in [-0.39, 0.29) is 10.7 Å². The highest BCUT2D eigenvalue weighted by atomic mass is 32.2. The van der Waals surface area contributed by atoms with E-state index in [0.29, 0.717) is 5.76 Å². The Kier molecular flexibility index (Phi) is 2.90. The van der Waals surface area contributed by atoms with Crippen molar-refractivity contribution in [2.75, 3.05) is 5.73 Å². The molecule has 0 aliphatic rings. The molecule has 0 spiro atoms. The van der Waals surface area contributed by atoms with Gasteiger partial charge in [0.05, 0.1) is 18.5 Å². The van der Waals surface area contributed by atoms with E-state index in [1.165, 1.54) is 6.26 Å². The minimum atomic E-state index is -3.70. The molecule has 17 heavy (non-hydrogen) atoms. The van der Waals surface area contributed by atoms with Gasteiger partial charge in [-0.1, -0.05) is 0 Å². The van der Waals surface area contributed by atoms with E-state index >= 15 is 0 Å². The number of aromatic nitrogens is 2. The molecule has 7 nitrogen and oxygen atoms in total. The van der Waals surface area contributed by atoms with Gasteiger partial charge in [-0.3, -0.25) is 5.10 Å². The van der Waals surface area contributed by atoms with E-state index in [1.54, 1.807) is 19.1 Å². The quantitative estimate of drug-likeness (QED) is 0.742. The Labute approximate surface area is 98.1 Å². The van der Waals surface area contributed by atoms with Crippen LogP contribution in [0.25, 0.3) is 0 Å². The molecule has 2 aromatic rings. The monoisotopic (exact) mass is 256 g/mol. The van der Waals surface area contributed by atoms with Gasteiger partial charge in [0.2, 0.25) is 10.0 Å². The highest BCUT2D eigenvalue weighted by molar-refractivity contribution is 7.89. The molecule has 0 bridgehead atoms. The van der Waals surface area contributed by atoms with Crippen LogP contribution >= 0.6 is 0 Å². The molecular weight excluding hydrogens is 244 g/mol. The van der Waals surface area contributed by atoms with Crippen molar-refractivity contribution >= 4 is 15.8 Å². The van der Waals surface area contributed by atoms with Crippen LogP contribution in [0.2, 0.25) is 0 Å². The molecule has 92 valence electrons. The lowest BCUT2D eigenvalue weighted by molar-refractivity contribution is 0.459. The lowest BCUT2D eigenvalue weighted by Gasteiger charge is -2.11. The first-order valence-corrected chi connectivity index (χ1v) is 6.33. The van der Waals surface area contributed by atoms with E-state index in [1.807, 2.05) is 0 Å². The number of furan rings is 1. The third-order valence-electron chi connectivity index (χ3n) is 2.22. The summed E-state index contributed by atoms with van der Waals surface area (Å²) in [4.78, 5) is -0.0732. The number of nitrogen functional groups attached to an aromatic ring is 1. The molecule has 0 amide bonds. The van der Waals surface area contributed by atoms with Gasteiger partial charge in [-0.15, -0.1) is 0 Å². The maximum Gasteiger partial charge on any atom is 0.246 e. The van der Waals surface area contributed by atoms with Crippen molar-refractivity contribution in [3.8, 4) is 0 Å². The predicted molar refractivity (Wildman–Crippen MR) is 60.4 cm³/mol. The first kappa shape index (κ1) is 11.7. The summed E-state index contributed by atoms with van der Waals surface area (Å²) in [5.41, 5.74) is 5.46. The molecule has 1 unspecified atom stereocenters. The van der Waals surface area contributed by atoms with Crippen molar-refractivity contribution in [3.05, 3.63) is 30.4 Å². The van der Waals surface area contributed by atoms with E-state index in [4.69, 9.17) is 10.2 Å². The molecule has 2 heterocycles. The Bertz CT molecular complexity index is 588. The molecule has 0 saturated carbocycles. The van der Waals surface area contributed by atoms with Gasteiger partial charge in [0.1, 0.15) is 16.5 Å². The maximum atomic E-state index is 11.9. The van der Waals surface area contributed by atoms with Crippen LogP contribution in [0.1, 0.15) is 18.7 Å². The number of rotatable bonds is 4. The number of hydrogen-bond donors (Lipinski definition) is 3. The van der Waals surface area contributed by atoms with Crippen LogP contribution in [0.3, 0.4) is 0 Å². The SMILES string of the molecule is CC(NS(=O)(=O)c1cn[nH]c1N)c1ccco1. The molecule has 0 aliphatic carbocycles. The maximum absolute atomic E-state index is 11.9. The number of nitrogens with two attached hydrogens (primary N) is 1. The zero-order valence-corrected chi connectivity index (χ0v) is 9.86. The summed E-state index contributed by atoms with van der Waals surface area (Å²) in [6.07, 6.45) is 2.64. The second-order valence-corrected chi connectivity index (χ2v) is 5.19. The molecule has 0 fully saturated rings. The van der Waals surface area contributed by atoms with Crippen LogP contribution in [0, 0.1) is 0 Å². The summed E-state index contributed by atoms with van der Waals surface area (Å²) >= 11 is 0. The number of aromatic amines is 1. The zero-order valence-electron chi connectivity index (χ0n) is 9.04. The second kappa shape index (κ2) is 4.22. The van der Waals surface area contributed by atoms with Gasteiger partial charge in [-0.05, 0) is 19.1 Å². The molecule has 0 aliphatic heterocycles. The third-order valence-corrected chi connectivity index (χ3v) is 3.79. The Hall–Kier alpha value is -1.80. The lowest BCUT2D eigenvalue weighted by atomic mass is 10.3. The molecular formula is C9H12N4O3S. The summed E-state index contributed by atoms with van der Waals surface area (Å²) in [6, 6.07) is 2.89. The summed E-state index contributed by atoms with van der Waals surface area (Å²) in [6.45, 7) is 1.67. The van der Waals surface area contributed by atoms with Gasteiger partial charge < -0.3 is 10.2 Å². The summed E-state index contributed by atoms with van der Waals surface area (Å²) < 4.78 is 31.4. The highest BCUT2D eigenvalue weighted by Crippen LogP contribution is 2.19. The summed E-state index contributed by atoms with van der Waals surface area (Å²) in [5.74, 6) is 0.528. The van der Waals surface area contributed by atoms with Crippen LogP contribution in [-0.4, -0.2) is 18.6 Å². The third kappa shape index (κ3) is 2.32. The molecule has 0 saturated heterocycles. The minimum absolute atomic E-state index is 0.00384. The van der Waals surface area contributed by atoms with Gasteiger partial charge in [-0.2, -0.15) is 5.10 Å². The van der Waals surface area contributed by atoms with Crippen molar-refractivity contribution in [3.63, 3.8) is 0 Å². The number of nitrogens with one attached hydrogen (secondary N) is 2. The van der Waals surface area contributed by atoms with Gasteiger partial charge in [0.25, 0.3) is 0 Å². The van der Waals surface area contributed by atoms with Gasteiger partial charge in [0, 0.05) is 0 Å². The normalized spacial score (nSPS) is 13.7. The number of H-pyrrole nitrogens is 1. The van der Waals surface area contributed by atoms with Crippen molar-refractivity contribution in [1.82, 2.24) is 14.9 Å². The molecule has 2 aromatic heterocycles. The number of sulfonamides is 1. The summed E-state index contributed by atoms with van der Waals surface area (Å²) in [7, 11) is -3.70. The average Bonchev–Trinajstić information content (AvgIpc) is 2.85. The Morgan fingerprint density at radius 2 is 2.35 bits per heavy atom. The molecule has 8 heteroatoms. The van der Waals surface area contributed by atoms with E-state index < -0.39 is 16.1 Å². The smallest absolute Gasteiger partial charge is 0.246 e. The minimum Gasteiger partial charge on any atom is -0.468 e. The van der Waals surface area contributed by atoms with Crippen molar-refractivity contribution in [2.24, 2.45) is 0 Å². The van der Waals surface area contributed by atoms with Crippen LogP contribution in [0.15, 0.2) is 33.9 Å². The average molecular weight is 256 g/mol. The number of hydrogen-bond acceptors (Lipinski definition) is 5. The second-order valence-electron chi connectivity index (χ2n) is 3.51. The fraction of sp³-hybridized carbons (Fsp3) is 0.222. The molecule has 0 aromatic carbocycles. The van der Waals surface area contributed by atoms with Gasteiger partial charge in [-0.25, -0.2) is 13.1 Å². The number of anilines is 1. The largest absolute Gasteiger partial charge is 0.468 e. The highest BCUT2D eigenvalue weighted by Gasteiger charge is 2.23. The van der Waals surface area contributed by atoms with E-state index in [9.17, 15) is 8.42 Å². The van der Waals surface area contributed by atoms with E-state index in [2.05, 4.69) is 14.9 Å². The standard InChI is InChI=1S/C9H12N4O3S/c1-6(7-3-2-4-16-7)13-17(14,15)8-5-11-12-9(8)10/h2-6,13H,1H3,(H3,10,11,12). The predicted octanol–water partition coefficient (Wildman–Crippen LogP) is 0.624. The fourth-order valence-electron chi connectivity index (χ4n) is 1.39. The van der Waals surface area contributed by atoms with Gasteiger partial charge >= 0.3 is 0 Å². The number of nitrogens with zero attached hydrogens (tertiary/aromatic N) is 1. The van der Waals surface area contributed by atoms with Crippen molar-refractivity contribution in [2.45, 2.75) is 17.9 Å². The zero-order chi connectivity index (χ0) is 12.5. The molecule has 0 radical (unpaired) electrons. The van der Waals surface area contributed by atoms with Crippen LogP contribution in [0.4, 0.5) is 5.82 Å². The molecule has 2 rings (SSSR count). The topological polar surface area (TPSA) is 114 Å². The lowest BCUT2D eigenvalue weighted by Crippen LogP contribution is -2.27. The summed E-state index contributed by atoms with van der Waals surface area (Å²) in [5, 5.41) is 5.93. The Balaban J connectivity index is 2.22. The van der Waals surface area contributed by atoms with Crippen LogP contribution in [0.5, 0.6) is 0 Å². The van der Waals surface area contributed by atoms with E-state index in [0.717, 1.165) is 6.20 Å². The van der Waals surface area contributed by atoms with Crippen molar-refractivity contribution < 1.29 is 12.8 Å². The van der Waals surface area contributed by atoms with Crippen molar-refractivity contribution in [1.29, 1.82) is 0 Å². The molecule has 4 N–H and O–H groups in total. The Morgan fingerprint density at radius 3 is 2.88 bits per heavy atom. The van der Waals surface area contributed by atoms with Crippen LogP contribution < -0.4 is 10.5 Å².